The number of rotatable bonds is 6. The molecule has 0 amide bonds. The number of methoxy groups -OCH3 is 1. The molecular weight excluding hydrogens is 356 g/mol. The molecule has 8 nitrogen and oxygen atoms in total. The van der Waals surface area contributed by atoms with E-state index in [1.807, 2.05) is 20.8 Å². The van der Waals surface area contributed by atoms with E-state index in [9.17, 15) is 14.4 Å². The van der Waals surface area contributed by atoms with Crippen LogP contribution < -0.4 is 11.2 Å². The second-order valence-corrected chi connectivity index (χ2v) is 7.68. The molecule has 0 spiro atoms. The average Bonchev–Trinajstić information content (AvgIpc) is 2.60. The molecule has 0 bridgehead atoms. The number of thioether (sulfide) groups is 1. The van der Waals surface area contributed by atoms with Crippen LogP contribution in [-0.4, -0.2) is 37.4 Å². The fourth-order valence-corrected chi connectivity index (χ4v) is 3.66. The summed E-state index contributed by atoms with van der Waals surface area (Å²) in [6.45, 7) is 5.93. The number of fused-ring (bicyclic) bond motifs is 1. The van der Waals surface area contributed by atoms with Gasteiger partial charge in [0.05, 0.1) is 7.11 Å². The summed E-state index contributed by atoms with van der Waals surface area (Å²) in [5.74, 6) is 0.464. The van der Waals surface area contributed by atoms with E-state index >= 15 is 0 Å². The van der Waals surface area contributed by atoms with Gasteiger partial charge in [0.2, 0.25) is 0 Å². The van der Waals surface area contributed by atoms with E-state index in [0.717, 1.165) is 4.57 Å². The minimum atomic E-state index is -0.494. The molecule has 2 aromatic heterocycles. The molecule has 0 saturated heterocycles. The second-order valence-electron chi connectivity index (χ2n) is 6.49. The second kappa shape index (κ2) is 8.03. The maximum atomic E-state index is 12.7. The van der Waals surface area contributed by atoms with Crippen LogP contribution in [0.15, 0.2) is 14.6 Å². The largest absolute Gasteiger partial charge is 0.468 e. The van der Waals surface area contributed by atoms with Crippen LogP contribution in [0.2, 0.25) is 0 Å². The van der Waals surface area contributed by atoms with Crippen LogP contribution in [-0.2, 0) is 30.0 Å². The quantitative estimate of drug-likeness (QED) is 0.423. The molecule has 142 valence electrons. The molecule has 2 rings (SSSR count). The van der Waals surface area contributed by atoms with Crippen LogP contribution >= 0.6 is 11.8 Å². The van der Waals surface area contributed by atoms with Gasteiger partial charge >= 0.3 is 11.7 Å². The van der Waals surface area contributed by atoms with Crippen molar-refractivity contribution in [2.75, 3.05) is 7.11 Å². The van der Waals surface area contributed by atoms with E-state index in [1.54, 1.807) is 7.05 Å². The number of ether oxygens (including phenoxy) is 1. The SMILES string of the molecule is CC[C@@H](Sc1nc(CC(C)C)nc2c1c(=O)n(C)c(=O)n2C)C(=O)OC. The van der Waals surface area contributed by atoms with Crippen molar-refractivity contribution in [1.29, 1.82) is 0 Å². The molecule has 26 heavy (non-hydrogen) atoms. The maximum Gasteiger partial charge on any atom is 0.332 e. The lowest BCUT2D eigenvalue weighted by Gasteiger charge is -2.15. The van der Waals surface area contributed by atoms with Gasteiger partial charge in [-0.15, -0.1) is 0 Å². The molecule has 0 aliphatic carbocycles. The van der Waals surface area contributed by atoms with Crippen LogP contribution in [0.25, 0.3) is 11.0 Å². The Morgan fingerprint density at radius 3 is 2.38 bits per heavy atom. The highest BCUT2D eigenvalue weighted by atomic mass is 32.2. The molecule has 0 unspecified atom stereocenters. The smallest absolute Gasteiger partial charge is 0.332 e. The third kappa shape index (κ3) is 3.82. The first-order valence-electron chi connectivity index (χ1n) is 8.42. The van der Waals surface area contributed by atoms with Crippen molar-refractivity contribution in [1.82, 2.24) is 19.1 Å². The van der Waals surface area contributed by atoms with Crippen LogP contribution in [0, 0.1) is 5.92 Å². The van der Waals surface area contributed by atoms with Gasteiger partial charge in [0.15, 0.2) is 5.65 Å². The molecule has 0 aromatic carbocycles. The molecule has 0 aliphatic rings. The van der Waals surface area contributed by atoms with Gasteiger partial charge in [-0.25, -0.2) is 14.8 Å². The van der Waals surface area contributed by atoms with E-state index in [1.165, 1.54) is 30.5 Å². The topological polar surface area (TPSA) is 96.1 Å². The van der Waals surface area contributed by atoms with E-state index in [0.29, 0.717) is 29.6 Å². The zero-order valence-electron chi connectivity index (χ0n) is 15.9. The predicted molar refractivity (Wildman–Crippen MR) is 101 cm³/mol. The molecule has 2 aromatic rings. The van der Waals surface area contributed by atoms with Crippen LogP contribution in [0.4, 0.5) is 0 Å². The lowest BCUT2D eigenvalue weighted by molar-refractivity contribution is -0.140. The first-order chi connectivity index (χ1) is 12.2. The predicted octanol–water partition coefficient (Wildman–Crippen LogP) is 1.27. The van der Waals surface area contributed by atoms with Crippen molar-refractivity contribution >= 4 is 28.8 Å². The molecule has 9 heteroatoms. The summed E-state index contributed by atoms with van der Waals surface area (Å²) in [6, 6.07) is 0. The summed E-state index contributed by atoms with van der Waals surface area (Å²) >= 11 is 1.18. The molecule has 0 fully saturated rings. The van der Waals surface area contributed by atoms with Gasteiger partial charge in [-0.05, 0) is 12.3 Å². The standard InChI is InChI=1S/C17H24N4O4S/c1-7-10(16(23)25-6)26-14-12-13(18-11(19-14)8-9(2)3)20(4)17(24)21(5)15(12)22/h9-10H,7-8H2,1-6H3/t10-/m1/s1. The van der Waals surface area contributed by atoms with Gasteiger partial charge in [-0.3, -0.25) is 18.7 Å². The Morgan fingerprint density at radius 1 is 1.19 bits per heavy atom. The van der Waals surface area contributed by atoms with Crippen LogP contribution in [0.5, 0.6) is 0 Å². The number of nitrogens with zero attached hydrogens (tertiary/aromatic N) is 4. The number of esters is 1. The fourth-order valence-electron chi connectivity index (χ4n) is 2.58. The van der Waals surface area contributed by atoms with Gasteiger partial charge in [0.25, 0.3) is 5.56 Å². The van der Waals surface area contributed by atoms with Gasteiger partial charge in [0, 0.05) is 20.5 Å². The van der Waals surface area contributed by atoms with Gasteiger partial charge < -0.3 is 4.74 Å². The van der Waals surface area contributed by atoms with Gasteiger partial charge in [-0.2, -0.15) is 0 Å². The average molecular weight is 380 g/mol. The van der Waals surface area contributed by atoms with Gasteiger partial charge in [0.1, 0.15) is 21.5 Å². The zero-order chi connectivity index (χ0) is 19.6. The van der Waals surface area contributed by atoms with Crippen molar-refractivity contribution in [3.8, 4) is 0 Å². The number of aromatic nitrogens is 4. The Labute approximate surface area is 155 Å². The zero-order valence-corrected chi connectivity index (χ0v) is 16.7. The summed E-state index contributed by atoms with van der Waals surface area (Å²) in [5.41, 5.74) is -0.639. The van der Waals surface area contributed by atoms with E-state index in [4.69, 9.17) is 4.74 Å². The Kier molecular flexibility index (Phi) is 6.22. The summed E-state index contributed by atoms with van der Waals surface area (Å²) in [4.78, 5) is 45.9. The summed E-state index contributed by atoms with van der Waals surface area (Å²) in [6.07, 6.45) is 1.12. The molecule has 2 heterocycles. The summed E-state index contributed by atoms with van der Waals surface area (Å²) < 4.78 is 7.20. The third-order valence-corrected chi connectivity index (χ3v) is 5.32. The molecular formula is C17H24N4O4S. The van der Waals surface area contributed by atoms with E-state index in [2.05, 4.69) is 9.97 Å². The molecule has 0 radical (unpaired) electrons. The minimum absolute atomic E-state index is 0.245. The van der Waals surface area contributed by atoms with Crippen LogP contribution in [0.1, 0.15) is 33.0 Å². The molecule has 0 saturated carbocycles. The molecule has 0 aliphatic heterocycles. The van der Waals surface area contributed by atoms with E-state index < -0.39 is 16.5 Å². The first-order valence-corrected chi connectivity index (χ1v) is 9.30. The number of carbonyl (C=O) groups excluding carboxylic acids is 1. The van der Waals surface area contributed by atoms with Crippen molar-refractivity contribution < 1.29 is 9.53 Å². The number of aryl methyl sites for hydroxylation is 1. The Bertz CT molecular complexity index is 948. The number of carbonyl (C=O) groups is 1. The highest BCUT2D eigenvalue weighted by molar-refractivity contribution is 8.00. The highest BCUT2D eigenvalue weighted by Crippen LogP contribution is 2.29. The Morgan fingerprint density at radius 2 is 1.85 bits per heavy atom. The Hall–Kier alpha value is -2.16. The Balaban J connectivity index is 2.79. The first kappa shape index (κ1) is 20.2. The van der Waals surface area contributed by atoms with Crippen molar-refractivity contribution in [3.63, 3.8) is 0 Å². The van der Waals surface area contributed by atoms with Crippen LogP contribution in [0.3, 0.4) is 0 Å². The molecule has 1 atom stereocenters. The van der Waals surface area contributed by atoms with Crippen molar-refractivity contribution in [2.45, 2.75) is 43.9 Å². The summed E-state index contributed by atoms with van der Waals surface area (Å²) in [7, 11) is 4.32. The fraction of sp³-hybridized carbons (Fsp3) is 0.588. The number of hydrogen-bond donors (Lipinski definition) is 0. The third-order valence-electron chi connectivity index (χ3n) is 3.99. The normalized spacial score (nSPS) is 12.6. The van der Waals surface area contributed by atoms with Crippen molar-refractivity contribution in [2.24, 2.45) is 20.0 Å². The maximum absolute atomic E-state index is 12.7. The lowest BCUT2D eigenvalue weighted by atomic mass is 10.1. The van der Waals surface area contributed by atoms with E-state index in [-0.39, 0.29) is 17.0 Å². The van der Waals surface area contributed by atoms with Gasteiger partial charge in [-0.1, -0.05) is 32.5 Å². The summed E-state index contributed by atoms with van der Waals surface area (Å²) in [5, 5.41) is 0.153. The number of hydrogen-bond acceptors (Lipinski definition) is 7. The highest BCUT2D eigenvalue weighted by Gasteiger charge is 2.24. The lowest BCUT2D eigenvalue weighted by Crippen LogP contribution is -2.38. The monoisotopic (exact) mass is 380 g/mol. The molecule has 0 N–H and O–H groups in total. The van der Waals surface area contributed by atoms with Crippen molar-refractivity contribution in [3.05, 3.63) is 26.7 Å². The minimum Gasteiger partial charge on any atom is -0.468 e.